The summed E-state index contributed by atoms with van der Waals surface area (Å²) in [6.07, 6.45) is 1.31. The molecule has 0 fully saturated rings. The molecule has 0 saturated carbocycles. The molecule has 100 valence electrons. The summed E-state index contributed by atoms with van der Waals surface area (Å²) in [4.78, 5) is 28.9. The first-order valence-corrected chi connectivity index (χ1v) is 6.56. The highest BCUT2D eigenvalue weighted by Crippen LogP contribution is 2.27. The molecule has 0 unspecified atom stereocenters. The van der Waals surface area contributed by atoms with Crippen molar-refractivity contribution >= 4 is 27.7 Å². The van der Waals surface area contributed by atoms with Crippen molar-refractivity contribution in [3.63, 3.8) is 0 Å². The van der Waals surface area contributed by atoms with Crippen LogP contribution in [0.3, 0.4) is 0 Å². The van der Waals surface area contributed by atoms with Crippen LogP contribution in [0.5, 0.6) is 0 Å². The highest BCUT2D eigenvalue weighted by Gasteiger charge is 2.33. The number of ether oxygens (including phenoxy) is 1. The molecule has 0 aliphatic carbocycles. The molecular formula is C12H16BrNO4. The predicted octanol–water partition coefficient (Wildman–Crippen LogP) is 2.33. The Morgan fingerprint density at radius 2 is 2.06 bits per heavy atom. The molecule has 1 N–H and O–H groups in total. The number of nitrogens with one attached hydrogen (secondary N) is 1. The number of rotatable bonds is 5. The Morgan fingerprint density at radius 3 is 2.61 bits per heavy atom. The van der Waals surface area contributed by atoms with E-state index in [0.29, 0.717) is 18.7 Å². The van der Waals surface area contributed by atoms with Crippen molar-refractivity contribution in [2.75, 3.05) is 6.61 Å². The van der Waals surface area contributed by atoms with Gasteiger partial charge in [0, 0.05) is 0 Å². The van der Waals surface area contributed by atoms with E-state index in [1.165, 1.54) is 0 Å². The van der Waals surface area contributed by atoms with Crippen molar-refractivity contribution < 1.29 is 19.2 Å². The fraction of sp³-hybridized carbons (Fsp3) is 0.500. The minimum atomic E-state index is -0.642. The van der Waals surface area contributed by atoms with Crippen LogP contribution < -0.4 is 5.48 Å². The molecule has 1 aliphatic rings. The van der Waals surface area contributed by atoms with Crippen molar-refractivity contribution in [2.24, 2.45) is 0 Å². The first-order valence-electron chi connectivity index (χ1n) is 5.77. The predicted molar refractivity (Wildman–Crippen MR) is 69.4 cm³/mol. The van der Waals surface area contributed by atoms with Crippen LogP contribution in [0.2, 0.25) is 0 Å². The lowest BCUT2D eigenvalue weighted by Gasteiger charge is -2.19. The fourth-order valence-corrected chi connectivity index (χ4v) is 1.77. The second kappa shape index (κ2) is 6.70. The highest BCUT2D eigenvalue weighted by atomic mass is 79.9. The number of cyclic esters (lactones) is 1. The molecule has 0 aromatic carbocycles. The Hall–Kier alpha value is -1.14. The van der Waals surface area contributed by atoms with Crippen LogP contribution in [0.25, 0.3) is 0 Å². The van der Waals surface area contributed by atoms with Gasteiger partial charge in [0.2, 0.25) is 5.78 Å². The van der Waals surface area contributed by atoms with E-state index in [2.05, 4.69) is 21.4 Å². The van der Waals surface area contributed by atoms with Crippen molar-refractivity contribution in [3.05, 3.63) is 21.5 Å². The van der Waals surface area contributed by atoms with Gasteiger partial charge in [-0.1, -0.05) is 13.3 Å². The summed E-state index contributed by atoms with van der Waals surface area (Å²) < 4.78 is 5.28. The lowest BCUT2D eigenvalue weighted by molar-refractivity contribution is -0.138. The average Bonchev–Trinajstić information content (AvgIpc) is 2.33. The SMILES string of the molecule is CCCC(NOCC)=C1C(=O)OC(C)=C(Br)C1=O. The molecule has 0 atom stereocenters. The number of carbonyl (C=O) groups is 2. The van der Waals surface area contributed by atoms with Crippen molar-refractivity contribution in [1.82, 2.24) is 5.48 Å². The van der Waals surface area contributed by atoms with Crippen LogP contribution in [0.15, 0.2) is 21.5 Å². The quantitative estimate of drug-likeness (QED) is 0.365. The third-order valence-corrected chi connectivity index (χ3v) is 3.25. The number of hydrogen-bond acceptors (Lipinski definition) is 5. The Bertz CT molecular complexity index is 426. The maximum absolute atomic E-state index is 12.1. The first-order chi connectivity index (χ1) is 8.52. The summed E-state index contributed by atoms with van der Waals surface area (Å²) in [6.45, 7) is 5.75. The van der Waals surface area contributed by atoms with E-state index in [1.54, 1.807) is 6.92 Å². The minimum absolute atomic E-state index is 0.00257. The molecule has 1 aliphatic heterocycles. The monoisotopic (exact) mass is 317 g/mol. The number of hydroxylamine groups is 1. The molecule has 0 spiro atoms. The summed E-state index contributed by atoms with van der Waals surface area (Å²) >= 11 is 3.12. The number of hydrogen-bond donors (Lipinski definition) is 1. The fourth-order valence-electron chi connectivity index (χ4n) is 1.49. The normalized spacial score (nSPS) is 18.9. The van der Waals surface area contributed by atoms with E-state index >= 15 is 0 Å². The molecule has 1 rings (SSSR count). The number of allylic oxidation sites excluding steroid dienone is 3. The maximum Gasteiger partial charge on any atom is 0.349 e. The van der Waals surface area contributed by atoms with Gasteiger partial charge in [-0.2, -0.15) is 0 Å². The van der Waals surface area contributed by atoms with Crippen LogP contribution in [-0.4, -0.2) is 18.4 Å². The molecule has 0 bridgehead atoms. The summed E-state index contributed by atoms with van der Waals surface area (Å²) in [5.74, 6) is -0.739. The molecule has 18 heavy (non-hydrogen) atoms. The van der Waals surface area contributed by atoms with Gasteiger partial charge in [0.1, 0.15) is 15.8 Å². The van der Waals surface area contributed by atoms with Gasteiger partial charge in [0.05, 0.1) is 12.3 Å². The smallest absolute Gasteiger partial charge is 0.349 e. The van der Waals surface area contributed by atoms with Crippen molar-refractivity contribution in [1.29, 1.82) is 0 Å². The van der Waals surface area contributed by atoms with Crippen molar-refractivity contribution in [2.45, 2.75) is 33.6 Å². The van der Waals surface area contributed by atoms with Gasteiger partial charge in [-0.05, 0) is 36.2 Å². The second-order valence-corrected chi connectivity index (χ2v) is 4.52. The zero-order valence-corrected chi connectivity index (χ0v) is 12.2. The summed E-state index contributed by atoms with van der Waals surface area (Å²) in [7, 11) is 0. The Labute approximate surface area is 114 Å². The first kappa shape index (κ1) is 14.9. The zero-order chi connectivity index (χ0) is 13.7. The number of halogens is 1. The van der Waals surface area contributed by atoms with Crippen LogP contribution in [0.4, 0.5) is 0 Å². The molecule has 5 nitrogen and oxygen atoms in total. The van der Waals surface area contributed by atoms with Gasteiger partial charge < -0.3 is 4.74 Å². The number of esters is 1. The Morgan fingerprint density at radius 1 is 1.39 bits per heavy atom. The highest BCUT2D eigenvalue weighted by molar-refractivity contribution is 9.12. The van der Waals surface area contributed by atoms with E-state index < -0.39 is 5.97 Å². The molecule has 0 amide bonds. The number of ketones is 1. The van der Waals surface area contributed by atoms with E-state index in [4.69, 9.17) is 9.57 Å². The van der Waals surface area contributed by atoms with Gasteiger partial charge in [0.25, 0.3) is 0 Å². The van der Waals surface area contributed by atoms with E-state index in [-0.39, 0.29) is 21.6 Å². The van der Waals surface area contributed by atoms with Crippen LogP contribution in [-0.2, 0) is 19.2 Å². The van der Waals surface area contributed by atoms with Crippen molar-refractivity contribution in [3.8, 4) is 0 Å². The van der Waals surface area contributed by atoms with Gasteiger partial charge in [-0.25, -0.2) is 4.79 Å². The minimum Gasteiger partial charge on any atom is -0.426 e. The average molecular weight is 318 g/mol. The third-order valence-electron chi connectivity index (χ3n) is 2.33. The van der Waals surface area contributed by atoms with E-state index in [0.717, 1.165) is 6.42 Å². The van der Waals surface area contributed by atoms with Gasteiger partial charge >= 0.3 is 5.97 Å². The molecular weight excluding hydrogens is 302 g/mol. The topological polar surface area (TPSA) is 64.6 Å². The molecule has 0 saturated heterocycles. The Kier molecular flexibility index (Phi) is 5.55. The molecule has 1 heterocycles. The summed E-state index contributed by atoms with van der Waals surface area (Å²) in [5.41, 5.74) is 3.11. The molecule has 0 aromatic rings. The van der Waals surface area contributed by atoms with E-state index in [9.17, 15) is 9.59 Å². The van der Waals surface area contributed by atoms with Crippen LogP contribution in [0.1, 0.15) is 33.6 Å². The lowest BCUT2D eigenvalue weighted by atomic mass is 10.0. The Balaban J connectivity index is 3.15. The summed E-state index contributed by atoms with van der Waals surface area (Å²) in [5, 5.41) is 0. The van der Waals surface area contributed by atoms with Gasteiger partial charge in [-0.15, -0.1) is 0 Å². The van der Waals surface area contributed by atoms with Crippen LogP contribution in [0, 0.1) is 0 Å². The number of Topliss-reactive ketones (excluding diaryl/α,β-unsaturated/α-hetero) is 1. The maximum atomic E-state index is 12.1. The standard InChI is InChI=1S/C12H16BrNO4/c1-4-6-8(14-17-5-2)9-11(15)10(13)7(3)18-12(9)16/h14H,4-6H2,1-3H3. The zero-order valence-electron chi connectivity index (χ0n) is 10.6. The largest absolute Gasteiger partial charge is 0.426 e. The number of carbonyl (C=O) groups excluding carboxylic acids is 2. The van der Waals surface area contributed by atoms with Gasteiger partial charge in [-0.3, -0.25) is 15.1 Å². The third kappa shape index (κ3) is 3.20. The van der Waals surface area contributed by atoms with E-state index in [1.807, 2.05) is 13.8 Å². The molecule has 0 aromatic heterocycles. The lowest BCUT2D eigenvalue weighted by Crippen LogP contribution is -2.28. The summed E-state index contributed by atoms with van der Waals surface area (Å²) in [6, 6.07) is 0. The van der Waals surface area contributed by atoms with Crippen LogP contribution >= 0.6 is 15.9 Å². The molecule has 0 radical (unpaired) electrons. The second-order valence-electron chi connectivity index (χ2n) is 3.73. The van der Waals surface area contributed by atoms with Gasteiger partial charge in [0.15, 0.2) is 0 Å². The molecule has 6 heteroatoms.